The highest BCUT2D eigenvalue weighted by atomic mass is 32.2. The summed E-state index contributed by atoms with van der Waals surface area (Å²) in [5.74, 6) is 2.25. The Hall–Kier alpha value is -3.04. The molecule has 0 saturated heterocycles. The minimum atomic E-state index is -0.235. The van der Waals surface area contributed by atoms with Crippen LogP contribution in [0, 0.1) is 12.3 Å². The first-order valence-corrected chi connectivity index (χ1v) is 9.21. The van der Waals surface area contributed by atoms with Gasteiger partial charge in [-0.2, -0.15) is 5.10 Å². The molecule has 3 aromatic rings. The Balaban J connectivity index is 1.94. The summed E-state index contributed by atoms with van der Waals surface area (Å²) in [5.41, 5.74) is 0.980. The molecule has 130 valence electrons. The van der Waals surface area contributed by atoms with Gasteiger partial charge in [0.1, 0.15) is 6.54 Å². The maximum absolute atomic E-state index is 12.6. The van der Waals surface area contributed by atoms with Crippen molar-refractivity contribution in [3.8, 4) is 12.3 Å². The Kier molecular flexibility index (Phi) is 5.40. The number of carbonyl (C=O) groups is 1. The van der Waals surface area contributed by atoms with Gasteiger partial charge in [0.25, 0.3) is 11.5 Å². The molecular formula is C20H17N3O2S. The van der Waals surface area contributed by atoms with Crippen molar-refractivity contribution in [3.05, 3.63) is 70.1 Å². The molecule has 26 heavy (non-hydrogen) atoms. The highest BCUT2D eigenvalue weighted by molar-refractivity contribution is 7.98. The molecule has 0 bridgehead atoms. The number of aromatic nitrogens is 2. The third kappa shape index (κ3) is 3.48. The molecule has 2 aromatic carbocycles. The topological polar surface area (TPSA) is 64.0 Å². The molecule has 0 aliphatic carbocycles. The van der Waals surface area contributed by atoms with Crippen molar-refractivity contribution in [2.75, 3.05) is 6.26 Å². The quantitative estimate of drug-likeness (QED) is 0.559. The fraction of sp³-hybridized carbons (Fsp3) is 0.150. The Morgan fingerprint density at radius 3 is 2.62 bits per heavy atom. The molecule has 1 N–H and O–H groups in total. The van der Waals surface area contributed by atoms with Gasteiger partial charge in [-0.1, -0.05) is 36.3 Å². The van der Waals surface area contributed by atoms with Gasteiger partial charge < -0.3 is 5.32 Å². The van der Waals surface area contributed by atoms with Crippen LogP contribution in [-0.2, 0) is 13.1 Å². The zero-order valence-electron chi connectivity index (χ0n) is 14.2. The van der Waals surface area contributed by atoms with Gasteiger partial charge in [0.2, 0.25) is 0 Å². The number of nitrogens with zero attached hydrogens (tertiary/aromatic N) is 2. The molecule has 0 radical (unpaired) electrons. The highest BCUT2D eigenvalue weighted by Crippen LogP contribution is 2.20. The van der Waals surface area contributed by atoms with Crippen LogP contribution in [0.4, 0.5) is 0 Å². The SMILES string of the molecule is C#CCn1nc(CNC(=O)c2ccccc2SC)c2ccccc2c1=O. The summed E-state index contributed by atoms with van der Waals surface area (Å²) in [4.78, 5) is 25.9. The molecule has 3 rings (SSSR count). The minimum absolute atomic E-state index is 0.0833. The summed E-state index contributed by atoms with van der Waals surface area (Å²) in [6.07, 6.45) is 7.26. The van der Waals surface area contributed by atoms with Crippen molar-refractivity contribution < 1.29 is 4.79 Å². The van der Waals surface area contributed by atoms with E-state index >= 15 is 0 Å². The smallest absolute Gasteiger partial charge is 0.275 e. The fourth-order valence-corrected chi connectivity index (χ4v) is 3.32. The van der Waals surface area contributed by atoms with Crippen molar-refractivity contribution in [3.63, 3.8) is 0 Å². The molecule has 0 atom stereocenters. The molecule has 1 aromatic heterocycles. The van der Waals surface area contributed by atoms with Crippen LogP contribution in [0.5, 0.6) is 0 Å². The third-order valence-corrected chi connectivity index (χ3v) is 4.75. The van der Waals surface area contributed by atoms with Crippen LogP contribution in [0.1, 0.15) is 16.1 Å². The number of thioether (sulfide) groups is 1. The van der Waals surface area contributed by atoms with E-state index in [0.29, 0.717) is 22.0 Å². The number of terminal acetylenes is 1. The van der Waals surface area contributed by atoms with Gasteiger partial charge in [-0.15, -0.1) is 18.2 Å². The van der Waals surface area contributed by atoms with Crippen molar-refractivity contribution in [1.82, 2.24) is 15.1 Å². The lowest BCUT2D eigenvalue weighted by molar-refractivity contribution is 0.0947. The van der Waals surface area contributed by atoms with Gasteiger partial charge in [0.15, 0.2) is 0 Å². The molecular weight excluding hydrogens is 346 g/mol. The van der Waals surface area contributed by atoms with E-state index in [1.165, 1.54) is 16.4 Å². The molecule has 6 heteroatoms. The molecule has 0 saturated carbocycles. The number of rotatable bonds is 5. The van der Waals surface area contributed by atoms with Crippen molar-refractivity contribution in [2.45, 2.75) is 18.0 Å². The summed E-state index contributed by atoms with van der Waals surface area (Å²) >= 11 is 1.51. The van der Waals surface area contributed by atoms with E-state index < -0.39 is 0 Å². The van der Waals surface area contributed by atoms with E-state index in [9.17, 15) is 9.59 Å². The number of benzene rings is 2. The lowest BCUT2D eigenvalue weighted by Crippen LogP contribution is -2.28. The number of hydrogen-bond donors (Lipinski definition) is 1. The molecule has 1 heterocycles. The molecule has 1 amide bonds. The van der Waals surface area contributed by atoms with E-state index in [4.69, 9.17) is 6.42 Å². The van der Waals surface area contributed by atoms with Crippen molar-refractivity contribution in [1.29, 1.82) is 0 Å². The lowest BCUT2D eigenvalue weighted by Gasteiger charge is -2.11. The van der Waals surface area contributed by atoms with Crippen LogP contribution >= 0.6 is 11.8 Å². The van der Waals surface area contributed by atoms with E-state index in [1.807, 2.05) is 36.6 Å². The first kappa shape index (κ1) is 17.8. The fourth-order valence-electron chi connectivity index (χ4n) is 2.72. The highest BCUT2D eigenvalue weighted by Gasteiger charge is 2.13. The van der Waals surface area contributed by atoms with Crippen LogP contribution in [0.25, 0.3) is 10.8 Å². The first-order chi connectivity index (χ1) is 12.7. The molecule has 0 aliphatic heterocycles. The average Bonchev–Trinajstić information content (AvgIpc) is 2.69. The number of hydrogen-bond acceptors (Lipinski definition) is 4. The first-order valence-electron chi connectivity index (χ1n) is 7.99. The number of nitrogens with one attached hydrogen (secondary N) is 1. The summed E-state index contributed by atoms with van der Waals surface area (Å²) in [7, 11) is 0. The van der Waals surface area contributed by atoms with Gasteiger partial charge >= 0.3 is 0 Å². The molecule has 0 aliphatic rings. The maximum Gasteiger partial charge on any atom is 0.275 e. The summed E-state index contributed by atoms with van der Waals surface area (Å²) in [6, 6.07) is 14.6. The number of fused-ring (bicyclic) bond motifs is 1. The van der Waals surface area contributed by atoms with E-state index in [1.54, 1.807) is 18.2 Å². The van der Waals surface area contributed by atoms with Gasteiger partial charge in [0.05, 0.1) is 23.2 Å². The Morgan fingerprint density at radius 2 is 1.88 bits per heavy atom. The summed E-state index contributed by atoms with van der Waals surface area (Å²) < 4.78 is 1.25. The standard InChI is InChI=1S/C20H17N3O2S/c1-3-12-23-20(25)15-9-5-4-8-14(15)17(22-23)13-21-19(24)16-10-6-7-11-18(16)26-2/h1,4-11H,12-13H2,2H3,(H,21,24). The predicted molar refractivity (Wildman–Crippen MR) is 104 cm³/mol. The third-order valence-electron chi connectivity index (χ3n) is 3.95. The predicted octanol–water partition coefficient (Wildman–Crippen LogP) is 2.68. The van der Waals surface area contributed by atoms with Gasteiger partial charge in [-0.3, -0.25) is 9.59 Å². The zero-order valence-corrected chi connectivity index (χ0v) is 15.0. The second-order valence-corrected chi connectivity index (χ2v) is 6.39. The second-order valence-electron chi connectivity index (χ2n) is 5.54. The zero-order chi connectivity index (χ0) is 18.5. The van der Waals surface area contributed by atoms with Crippen molar-refractivity contribution in [2.24, 2.45) is 0 Å². The van der Waals surface area contributed by atoms with E-state index in [2.05, 4.69) is 16.3 Å². The normalized spacial score (nSPS) is 10.5. The maximum atomic E-state index is 12.6. The number of carbonyl (C=O) groups excluding carboxylic acids is 1. The second kappa shape index (κ2) is 7.89. The van der Waals surface area contributed by atoms with Gasteiger partial charge in [-0.25, -0.2) is 4.68 Å². The Labute approximate surface area is 155 Å². The van der Waals surface area contributed by atoms with Crippen LogP contribution in [0.15, 0.2) is 58.2 Å². The average molecular weight is 363 g/mol. The largest absolute Gasteiger partial charge is 0.346 e. The van der Waals surface area contributed by atoms with E-state index in [0.717, 1.165) is 4.90 Å². The van der Waals surface area contributed by atoms with Crippen LogP contribution in [-0.4, -0.2) is 21.9 Å². The van der Waals surface area contributed by atoms with Gasteiger partial charge in [0, 0.05) is 10.3 Å². The Bertz CT molecular complexity index is 1070. The van der Waals surface area contributed by atoms with Gasteiger partial charge in [-0.05, 0) is 24.5 Å². The van der Waals surface area contributed by atoms with Crippen LogP contribution in [0.2, 0.25) is 0 Å². The van der Waals surface area contributed by atoms with Crippen molar-refractivity contribution >= 4 is 28.4 Å². The molecule has 0 spiro atoms. The molecule has 0 unspecified atom stereocenters. The molecule has 5 nitrogen and oxygen atoms in total. The van der Waals surface area contributed by atoms with Crippen LogP contribution < -0.4 is 10.9 Å². The number of amides is 1. The summed E-state index contributed by atoms with van der Waals surface area (Å²) in [6.45, 7) is 0.285. The van der Waals surface area contributed by atoms with Crippen LogP contribution in [0.3, 0.4) is 0 Å². The lowest BCUT2D eigenvalue weighted by atomic mass is 10.1. The Morgan fingerprint density at radius 1 is 1.19 bits per heavy atom. The molecule has 0 fully saturated rings. The summed E-state index contributed by atoms with van der Waals surface area (Å²) in [5, 5.41) is 8.48. The monoisotopic (exact) mass is 363 g/mol. The van der Waals surface area contributed by atoms with E-state index in [-0.39, 0.29) is 24.6 Å². The minimum Gasteiger partial charge on any atom is -0.346 e.